The molecule has 0 aliphatic carbocycles. The molecule has 2 rings (SSSR count). The van der Waals surface area contributed by atoms with Crippen molar-refractivity contribution < 1.29 is 19.1 Å². The number of halogens is 1. The van der Waals surface area contributed by atoms with Crippen LogP contribution in [0.25, 0.3) is 0 Å². The molecule has 2 aromatic rings. The van der Waals surface area contributed by atoms with Crippen molar-refractivity contribution in [2.75, 3.05) is 6.54 Å². The first-order chi connectivity index (χ1) is 9.99. The molecule has 3 N–H and O–H groups in total. The maximum absolute atomic E-state index is 13.5. The molecule has 6 heteroatoms. The minimum Gasteiger partial charge on any atom is -0.386 e. The van der Waals surface area contributed by atoms with Crippen LogP contribution in [0, 0.1) is 5.82 Å². The van der Waals surface area contributed by atoms with Gasteiger partial charge in [-0.25, -0.2) is 4.39 Å². The second kappa shape index (κ2) is 6.32. The van der Waals surface area contributed by atoms with Gasteiger partial charge in [-0.05, 0) is 19.1 Å². The van der Waals surface area contributed by atoms with Gasteiger partial charge in [0.1, 0.15) is 11.5 Å². The number of benzene rings is 1. The molecule has 1 amide bonds. The van der Waals surface area contributed by atoms with Gasteiger partial charge in [0.2, 0.25) is 0 Å². The van der Waals surface area contributed by atoms with E-state index in [0.717, 1.165) is 0 Å². The SMILES string of the molecule is CC(=O)c1c[nH]c(C(=O)NCC(O)c2ccccc2F)c1. The molecular formula is C15H15FN2O3. The van der Waals surface area contributed by atoms with E-state index in [1.807, 2.05) is 0 Å². The highest BCUT2D eigenvalue weighted by Crippen LogP contribution is 2.15. The van der Waals surface area contributed by atoms with Crippen LogP contribution in [0.1, 0.15) is 39.4 Å². The van der Waals surface area contributed by atoms with Gasteiger partial charge in [-0.2, -0.15) is 0 Å². The van der Waals surface area contributed by atoms with Crippen LogP contribution in [0.15, 0.2) is 36.5 Å². The highest BCUT2D eigenvalue weighted by atomic mass is 19.1. The molecule has 0 radical (unpaired) electrons. The molecule has 0 spiro atoms. The Hall–Kier alpha value is -2.47. The van der Waals surface area contributed by atoms with E-state index < -0.39 is 17.8 Å². The first kappa shape index (κ1) is 14.9. The summed E-state index contributed by atoms with van der Waals surface area (Å²) in [6.45, 7) is 1.26. The summed E-state index contributed by atoms with van der Waals surface area (Å²) in [5.41, 5.74) is 0.726. The molecule has 0 saturated carbocycles. The molecule has 110 valence electrons. The zero-order valence-electron chi connectivity index (χ0n) is 11.4. The Morgan fingerprint density at radius 2 is 2.10 bits per heavy atom. The van der Waals surface area contributed by atoms with Crippen LogP contribution < -0.4 is 5.32 Å². The minimum absolute atomic E-state index is 0.119. The molecule has 1 atom stereocenters. The van der Waals surface area contributed by atoms with Crippen molar-refractivity contribution in [3.05, 3.63) is 59.2 Å². The van der Waals surface area contributed by atoms with Gasteiger partial charge < -0.3 is 15.4 Å². The van der Waals surface area contributed by atoms with E-state index in [1.165, 1.54) is 37.4 Å². The molecule has 1 heterocycles. The number of ketones is 1. The number of Topliss-reactive ketones (excluding diaryl/α,β-unsaturated/α-hetero) is 1. The van der Waals surface area contributed by atoms with E-state index in [-0.39, 0.29) is 23.6 Å². The average molecular weight is 290 g/mol. The monoisotopic (exact) mass is 290 g/mol. The molecule has 0 fully saturated rings. The molecule has 0 saturated heterocycles. The number of nitrogens with one attached hydrogen (secondary N) is 2. The zero-order chi connectivity index (χ0) is 15.4. The van der Waals surface area contributed by atoms with Crippen molar-refractivity contribution in [3.8, 4) is 0 Å². The van der Waals surface area contributed by atoms with Crippen molar-refractivity contribution in [2.24, 2.45) is 0 Å². The van der Waals surface area contributed by atoms with Gasteiger partial charge >= 0.3 is 0 Å². The van der Waals surface area contributed by atoms with E-state index in [9.17, 15) is 19.1 Å². The molecular weight excluding hydrogens is 275 g/mol. The summed E-state index contributed by atoms with van der Waals surface area (Å²) in [4.78, 5) is 25.7. The Balaban J connectivity index is 1.97. The number of H-pyrrole nitrogens is 1. The summed E-state index contributed by atoms with van der Waals surface area (Å²) < 4.78 is 13.5. The second-order valence-electron chi connectivity index (χ2n) is 4.61. The van der Waals surface area contributed by atoms with Crippen LogP contribution in [0.2, 0.25) is 0 Å². The van der Waals surface area contributed by atoms with E-state index in [1.54, 1.807) is 6.07 Å². The van der Waals surface area contributed by atoms with E-state index in [4.69, 9.17) is 0 Å². The van der Waals surface area contributed by atoms with Crippen molar-refractivity contribution in [2.45, 2.75) is 13.0 Å². The van der Waals surface area contributed by atoms with Gasteiger partial charge in [0.25, 0.3) is 5.91 Å². The van der Waals surface area contributed by atoms with Gasteiger partial charge in [-0.15, -0.1) is 0 Å². The molecule has 21 heavy (non-hydrogen) atoms. The number of aromatic amines is 1. The molecule has 1 unspecified atom stereocenters. The number of amides is 1. The lowest BCUT2D eigenvalue weighted by Crippen LogP contribution is -2.28. The lowest BCUT2D eigenvalue weighted by molar-refractivity contribution is 0.0909. The Labute approximate surface area is 120 Å². The maximum atomic E-state index is 13.5. The Bertz CT molecular complexity index is 666. The number of rotatable bonds is 5. The Kier molecular flexibility index (Phi) is 4.49. The quantitative estimate of drug-likeness (QED) is 0.735. The van der Waals surface area contributed by atoms with Crippen LogP contribution in [0.5, 0.6) is 0 Å². The van der Waals surface area contributed by atoms with Gasteiger partial charge in [0, 0.05) is 23.9 Å². The predicted molar refractivity (Wildman–Crippen MR) is 74.5 cm³/mol. The Morgan fingerprint density at radius 3 is 2.71 bits per heavy atom. The van der Waals surface area contributed by atoms with E-state index in [2.05, 4.69) is 10.3 Å². The molecule has 0 aliphatic heterocycles. The Morgan fingerprint density at radius 1 is 1.38 bits per heavy atom. The average Bonchev–Trinajstić information content (AvgIpc) is 2.95. The van der Waals surface area contributed by atoms with Gasteiger partial charge in [-0.3, -0.25) is 9.59 Å². The highest BCUT2D eigenvalue weighted by Gasteiger charge is 2.15. The molecule has 5 nitrogen and oxygen atoms in total. The largest absolute Gasteiger partial charge is 0.386 e. The molecule has 1 aromatic heterocycles. The van der Waals surface area contributed by atoms with Crippen LogP contribution in [0.3, 0.4) is 0 Å². The number of aliphatic hydroxyl groups excluding tert-OH is 1. The lowest BCUT2D eigenvalue weighted by atomic mass is 10.1. The third-order valence-corrected chi connectivity index (χ3v) is 3.05. The fourth-order valence-electron chi connectivity index (χ4n) is 1.87. The summed E-state index contributed by atoms with van der Waals surface area (Å²) in [7, 11) is 0. The maximum Gasteiger partial charge on any atom is 0.267 e. The summed E-state index contributed by atoms with van der Waals surface area (Å²) in [5.74, 6) is -1.16. The van der Waals surface area contributed by atoms with Gasteiger partial charge in [0.05, 0.1) is 6.10 Å². The minimum atomic E-state index is -1.14. The fraction of sp³-hybridized carbons (Fsp3) is 0.200. The highest BCUT2D eigenvalue weighted by molar-refractivity contribution is 5.99. The van der Waals surface area contributed by atoms with Gasteiger partial charge in [0.15, 0.2) is 5.78 Å². The number of aliphatic hydroxyl groups is 1. The first-order valence-electron chi connectivity index (χ1n) is 6.39. The lowest BCUT2D eigenvalue weighted by Gasteiger charge is -2.12. The standard InChI is InChI=1S/C15H15FN2O3/c1-9(19)10-6-13(17-7-10)15(21)18-8-14(20)11-4-2-3-5-12(11)16/h2-7,14,17,20H,8H2,1H3,(H,18,21). The topological polar surface area (TPSA) is 82.2 Å². The normalized spacial score (nSPS) is 12.0. The van der Waals surface area contributed by atoms with Crippen molar-refractivity contribution in [1.82, 2.24) is 10.3 Å². The first-order valence-corrected chi connectivity index (χ1v) is 6.39. The summed E-state index contributed by atoms with van der Waals surface area (Å²) >= 11 is 0. The number of hydrogen-bond donors (Lipinski definition) is 3. The predicted octanol–water partition coefficient (Wildman–Crippen LogP) is 1.82. The van der Waals surface area contributed by atoms with Crippen molar-refractivity contribution in [1.29, 1.82) is 0 Å². The summed E-state index contributed by atoms with van der Waals surface area (Å²) in [6.07, 6.45) is 0.294. The van der Waals surface area contributed by atoms with E-state index >= 15 is 0 Å². The van der Waals surface area contributed by atoms with Crippen molar-refractivity contribution >= 4 is 11.7 Å². The third-order valence-electron chi connectivity index (χ3n) is 3.05. The van der Waals surface area contributed by atoms with Crippen LogP contribution in [0.4, 0.5) is 4.39 Å². The van der Waals surface area contributed by atoms with Crippen LogP contribution >= 0.6 is 0 Å². The molecule has 0 bridgehead atoms. The third kappa shape index (κ3) is 3.55. The number of hydrogen-bond acceptors (Lipinski definition) is 3. The molecule has 1 aromatic carbocycles. The summed E-state index contributed by atoms with van der Waals surface area (Å²) in [5, 5.41) is 12.4. The number of carbonyl (C=O) groups excluding carboxylic acids is 2. The van der Waals surface area contributed by atoms with E-state index in [0.29, 0.717) is 5.56 Å². The molecule has 0 aliphatic rings. The fourth-order valence-corrected chi connectivity index (χ4v) is 1.87. The second-order valence-corrected chi connectivity index (χ2v) is 4.61. The van der Waals surface area contributed by atoms with Crippen LogP contribution in [-0.4, -0.2) is 28.3 Å². The van der Waals surface area contributed by atoms with Crippen molar-refractivity contribution in [3.63, 3.8) is 0 Å². The smallest absolute Gasteiger partial charge is 0.267 e. The number of carbonyl (C=O) groups is 2. The zero-order valence-corrected chi connectivity index (χ0v) is 11.4. The van der Waals surface area contributed by atoms with Crippen LogP contribution in [-0.2, 0) is 0 Å². The number of aromatic nitrogens is 1. The van der Waals surface area contributed by atoms with Gasteiger partial charge in [-0.1, -0.05) is 18.2 Å². The summed E-state index contributed by atoms with van der Waals surface area (Å²) in [6, 6.07) is 7.24.